The Kier molecular flexibility index (Phi) is 7.19. The van der Waals surface area contributed by atoms with Crippen LogP contribution in [0.2, 0.25) is 0 Å². The Hall–Kier alpha value is -3.10. The van der Waals surface area contributed by atoms with Gasteiger partial charge in [-0.2, -0.15) is 0 Å². The zero-order valence-electron chi connectivity index (χ0n) is 15.4. The van der Waals surface area contributed by atoms with E-state index in [1.54, 1.807) is 6.92 Å². The smallest absolute Gasteiger partial charge is 0.481 e. The molecule has 0 aliphatic heterocycles. The molecule has 0 saturated heterocycles. The van der Waals surface area contributed by atoms with Crippen LogP contribution >= 0.6 is 0 Å². The van der Waals surface area contributed by atoms with Gasteiger partial charge in [-0.15, -0.1) is 13.2 Å². The van der Waals surface area contributed by atoms with Gasteiger partial charge in [-0.1, -0.05) is 25.1 Å². The molecular weight excluding hydrogens is 394 g/mol. The zero-order valence-corrected chi connectivity index (χ0v) is 15.4. The molecule has 156 valence electrons. The van der Waals surface area contributed by atoms with E-state index in [0.29, 0.717) is 17.5 Å². The molecule has 5 nitrogen and oxygen atoms in total. The van der Waals surface area contributed by atoms with Crippen LogP contribution in [-0.2, 0) is 17.8 Å². The Morgan fingerprint density at radius 2 is 1.72 bits per heavy atom. The van der Waals surface area contributed by atoms with E-state index in [9.17, 15) is 27.2 Å². The van der Waals surface area contributed by atoms with Crippen LogP contribution in [0.4, 0.5) is 17.6 Å². The third-order valence-corrected chi connectivity index (χ3v) is 4.21. The van der Waals surface area contributed by atoms with E-state index in [0.717, 1.165) is 18.2 Å². The standard InChI is InChI=1S/C20H19F4NO4/c1-2-14(19(27)28)9-13-5-8-17(21)16(10-13)18(26)25-11-12-3-6-15(7-4-12)29-20(22,23)24/h3-8,10,14H,2,9,11H2,1H3,(H,25,26)(H,27,28). The number of benzene rings is 2. The molecule has 1 amide bonds. The number of rotatable bonds is 8. The number of aliphatic carboxylic acids is 1. The van der Waals surface area contributed by atoms with Gasteiger partial charge < -0.3 is 15.2 Å². The minimum atomic E-state index is -4.80. The maximum absolute atomic E-state index is 14.0. The maximum atomic E-state index is 14.0. The molecule has 0 bridgehead atoms. The molecule has 0 aromatic heterocycles. The normalized spacial score (nSPS) is 12.3. The van der Waals surface area contributed by atoms with E-state index < -0.39 is 35.7 Å². The highest BCUT2D eigenvalue weighted by atomic mass is 19.4. The highest BCUT2D eigenvalue weighted by Crippen LogP contribution is 2.23. The maximum Gasteiger partial charge on any atom is 0.573 e. The summed E-state index contributed by atoms with van der Waals surface area (Å²) in [5, 5.41) is 11.6. The van der Waals surface area contributed by atoms with Crippen LogP contribution in [0, 0.1) is 11.7 Å². The summed E-state index contributed by atoms with van der Waals surface area (Å²) in [6.07, 6.45) is -4.24. The summed E-state index contributed by atoms with van der Waals surface area (Å²) in [7, 11) is 0. The molecule has 0 radical (unpaired) electrons. The number of amides is 1. The number of halogens is 4. The van der Waals surface area contributed by atoms with Gasteiger partial charge in [-0.25, -0.2) is 4.39 Å². The summed E-state index contributed by atoms with van der Waals surface area (Å²) in [4.78, 5) is 23.4. The molecule has 29 heavy (non-hydrogen) atoms. The Bertz CT molecular complexity index is 866. The topological polar surface area (TPSA) is 75.6 Å². The van der Waals surface area contributed by atoms with Gasteiger partial charge >= 0.3 is 12.3 Å². The predicted molar refractivity (Wildman–Crippen MR) is 95.8 cm³/mol. The van der Waals surface area contributed by atoms with Gasteiger partial charge in [-0.3, -0.25) is 9.59 Å². The first-order valence-electron chi connectivity index (χ1n) is 8.73. The molecule has 9 heteroatoms. The molecule has 1 unspecified atom stereocenters. The van der Waals surface area contributed by atoms with E-state index in [-0.39, 0.29) is 18.5 Å². The Morgan fingerprint density at radius 3 is 2.28 bits per heavy atom. The van der Waals surface area contributed by atoms with Crippen molar-refractivity contribution in [2.24, 2.45) is 5.92 Å². The molecule has 2 aromatic rings. The summed E-state index contributed by atoms with van der Waals surface area (Å²) >= 11 is 0. The molecule has 0 aliphatic carbocycles. The van der Waals surface area contributed by atoms with Gasteiger partial charge in [0.05, 0.1) is 11.5 Å². The molecule has 2 aromatic carbocycles. The fourth-order valence-electron chi connectivity index (χ4n) is 2.65. The lowest BCUT2D eigenvalue weighted by molar-refractivity contribution is -0.274. The van der Waals surface area contributed by atoms with E-state index in [1.165, 1.54) is 24.3 Å². The van der Waals surface area contributed by atoms with Crippen LogP contribution in [0.3, 0.4) is 0 Å². The summed E-state index contributed by atoms with van der Waals surface area (Å²) in [5.74, 6) is -3.49. The number of carbonyl (C=O) groups excluding carboxylic acids is 1. The van der Waals surface area contributed by atoms with Crippen LogP contribution in [0.15, 0.2) is 42.5 Å². The lowest BCUT2D eigenvalue weighted by Crippen LogP contribution is -2.24. The van der Waals surface area contributed by atoms with Gasteiger partial charge in [0.1, 0.15) is 11.6 Å². The van der Waals surface area contributed by atoms with Gasteiger partial charge in [0.15, 0.2) is 0 Å². The Morgan fingerprint density at radius 1 is 1.10 bits per heavy atom. The predicted octanol–water partition coefficient (Wildman–Crippen LogP) is 4.31. The largest absolute Gasteiger partial charge is 0.573 e. The van der Waals surface area contributed by atoms with Crippen molar-refractivity contribution in [3.63, 3.8) is 0 Å². The summed E-state index contributed by atoms with van der Waals surface area (Å²) in [6.45, 7) is 1.68. The highest BCUT2D eigenvalue weighted by Gasteiger charge is 2.30. The van der Waals surface area contributed by atoms with Crippen LogP contribution < -0.4 is 10.1 Å². The summed E-state index contributed by atoms with van der Waals surface area (Å²) in [5.41, 5.74) is 0.764. The molecule has 1 atom stereocenters. The van der Waals surface area contributed by atoms with Gasteiger partial charge in [0, 0.05) is 6.54 Å². The van der Waals surface area contributed by atoms with Crippen molar-refractivity contribution >= 4 is 11.9 Å². The van der Waals surface area contributed by atoms with Crippen molar-refractivity contribution in [2.75, 3.05) is 0 Å². The van der Waals surface area contributed by atoms with Gasteiger partial charge in [0.2, 0.25) is 0 Å². The third kappa shape index (κ3) is 6.78. The number of ether oxygens (including phenoxy) is 1. The monoisotopic (exact) mass is 413 g/mol. The van der Waals surface area contributed by atoms with Gasteiger partial charge in [0.25, 0.3) is 5.91 Å². The number of hydrogen-bond donors (Lipinski definition) is 2. The average molecular weight is 413 g/mol. The molecular formula is C20H19F4NO4. The fraction of sp³-hybridized carbons (Fsp3) is 0.300. The molecule has 0 aliphatic rings. The zero-order chi connectivity index (χ0) is 21.6. The van der Waals surface area contributed by atoms with Gasteiger partial charge in [-0.05, 0) is 48.2 Å². The second-order valence-electron chi connectivity index (χ2n) is 6.34. The Balaban J connectivity index is 2.03. The van der Waals surface area contributed by atoms with Crippen LogP contribution in [-0.4, -0.2) is 23.3 Å². The van der Waals surface area contributed by atoms with Crippen molar-refractivity contribution in [3.05, 3.63) is 65.0 Å². The second kappa shape index (κ2) is 9.40. The molecule has 0 heterocycles. The van der Waals surface area contributed by atoms with E-state index >= 15 is 0 Å². The second-order valence-corrected chi connectivity index (χ2v) is 6.34. The SMILES string of the molecule is CCC(Cc1ccc(F)c(C(=O)NCc2ccc(OC(F)(F)F)cc2)c1)C(=O)O. The minimum Gasteiger partial charge on any atom is -0.481 e. The van der Waals surface area contributed by atoms with Crippen LogP contribution in [0.1, 0.15) is 34.8 Å². The van der Waals surface area contributed by atoms with Crippen molar-refractivity contribution in [1.82, 2.24) is 5.32 Å². The molecule has 0 fully saturated rings. The highest BCUT2D eigenvalue weighted by molar-refractivity contribution is 5.94. The van der Waals surface area contributed by atoms with E-state index in [1.807, 2.05) is 0 Å². The number of carboxylic acid groups (broad SMARTS) is 1. The third-order valence-electron chi connectivity index (χ3n) is 4.21. The number of alkyl halides is 3. The first kappa shape index (κ1) is 22.2. The quantitative estimate of drug-likeness (QED) is 0.633. The van der Waals surface area contributed by atoms with Crippen molar-refractivity contribution < 1.29 is 37.0 Å². The number of nitrogens with one attached hydrogen (secondary N) is 1. The van der Waals surface area contributed by atoms with Crippen LogP contribution in [0.25, 0.3) is 0 Å². The summed E-state index contributed by atoms with van der Waals surface area (Å²) < 4.78 is 54.3. The Labute approximate surface area is 164 Å². The number of hydrogen-bond acceptors (Lipinski definition) is 3. The molecule has 0 saturated carbocycles. The van der Waals surface area contributed by atoms with Crippen molar-refractivity contribution in [2.45, 2.75) is 32.7 Å². The molecule has 2 rings (SSSR count). The first-order valence-corrected chi connectivity index (χ1v) is 8.73. The van der Waals surface area contributed by atoms with E-state index in [4.69, 9.17) is 5.11 Å². The molecule has 0 spiro atoms. The lowest BCUT2D eigenvalue weighted by Gasteiger charge is -2.12. The van der Waals surface area contributed by atoms with Crippen molar-refractivity contribution in [3.8, 4) is 5.75 Å². The molecule has 2 N–H and O–H groups in total. The minimum absolute atomic E-state index is 0.0402. The first-order chi connectivity index (χ1) is 13.6. The summed E-state index contributed by atoms with van der Waals surface area (Å²) in [6, 6.07) is 8.72. The number of carbonyl (C=O) groups is 2. The van der Waals surface area contributed by atoms with Crippen molar-refractivity contribution in [1.29, 1.82) is 0 Å². The van der Waals surface area contributed by atoms with E-state index in [2.05, 4.69) is 10.1 Å². The van der Waals surface area contributed by atoms with Crippen LogP contribution in [0.5, 0.6) is 5.75 Å². The lowest BCUT2D eigenvalue weighted by atomic mass is 9.95. The fourth-order valence-corrected chi connectivity index (χ4v) is 2.65. The number of carboxylic acids is 1. The average Bonchev–Trinajstić information content (AvgIpc) is 2.65.